The van der Waals surface area contributed by atoms with Crippen LogP contribution in [0.4, 0.5) is 4.39 Å². The van der Waals surface area contributed by atoms with Crippen molar-refractivity contribution in [2.24, 2.45) is 0 Å². The molecule has 4 heterocycles. The summed E-state index contributed by atoms with van der Waals surface area (Å²) >= 11 is 0. The Labute approximate surface area is 137 Å². The van der Waals surface area contributed by atoms with Crippen molar-refractivity contribution in [3.63, 3.8) is 0 Å². The molecule has 7 heteroatoms. The van der Waals surface area contributed by atoms with Gasteiger partial charge in [-0.25, -0.2) is 19.9 Å². The minimum atomic E-state index is -0.520. The maximum absolute atomic E-state index is 13.4. The molecule has 0 saturated carbocycles. The molecule has 4 aromatic heterocycles. The van der Waals surface area contributed by atoms with E-state index in [0.717, 1.165) is 17.8 Å². The van der Waals surface area contributed by atoms with Gasteiger partial charge in [-0.1, -0.05) is 6.92 Å². The average molecular weight is 322 g/mol. The highest BCUT2D eigenvalue weighted by Gasteiger charge is 2.14. The van der Waals surface area contributed by atoms with Crippen LogP contribution in [0, 0.1) is 5.95 Å². The van der Waals surface area contributed by atoms with Crippen LogP contribution < -0.4 is 0 Å². The Kier molecular flexibility index (Phi) is 3.53. The van der Waals surface area contributed by atoms with Crippen LogP contribution in [0.3, 0.4) is 0 Å². The summed E-state index contributed by atoms with van der Waals surface area (Å²) in [5, 5.41) is 0. The average Bonchev–Trinajstić information content (AvgIpc) is 3.19. The first-order valence-electron chi connectivity index (χ1n) is 7.70. The molecule has 0 radical (unpaired) electrons. The molecule has 0 saturated heterocycles. The van der Waals surface area contributed by atoms with Crippen LogP contribution in [-0.4, -0.2) is 28.9 Å². The van der Waals surface area contributed by atoms with Gasteiger partial charge in [0.2, 0.25) is 11.7 Å². The smallest absolute Gasteiger partial charge is 0.234 e. The molecule has 0 aliphatic heterocycles. The van der Waals surface area contributed by atoms with Gasteiger partial charge in [-0.3, -0.25) is 4.40 Å². The zero-order chi connectivity index (χ0) is 16.5. The van der Waals surface area contributed by atoms with Crippen molar-refractivity contribution in [1.82, 2.24) is 28.9 Å². The quantitative estimate of drug-likeness (QED) is 0.542. The molecule has 0 spiro atoms. The normalized spacial score (nSPS) is 11.2. The summed E-state index contributed by atoms with van der Waals surface area (Å²) in [6, 6.07) is 5.01. The van der Waals surface area contributed by atoms with Crippen LogP contribution in [-0.2, 0) is 13.0 Å². The summed E-state index contributed by atoms with van der Waals surface area (Å²) in [7, 11) is 0. The summed E-state index contributed by atoms with van der Waals surface area (Å²) in [5.41, 5.74) is 2.73. The lowest BCUT2D eigenvalue weighted by Crippen LogP contribution is -2.04. The molecule has 0 fully saturated rings. The summed E-state index contributed by atoms with van der Waals surface area (Å²) in [5.74, 6) is 0.845. The second-order valence-corrected chi connectivity index (χ2v) is 5.39. The number of pyridine rings is 1. The van der Waals surface area contributed by atoms with Crippen LogP contribution in [0.2, 0.25) is 0 Å². The summed E-state index contributed by atoms with van der Waals surface area (Å²) < 4.78 is 17.4. The first-order chi connectivity index (χ1) is 11.8. The van der Waals surface area contributed by atoms with Gasteiger partial charge in [0.15, 0.2) is 0 Å². The number of imidazole rings is 2. The molecule has 0 amide bonds. The number of aryl methyl sites for hydroxylation is 1. The molecule has 0 unspecified atom stereocenters. The van der Waals surface area contributed by atoms with Crippen LogP contribution >= 0.6 is 0 Å². The molecule has 0 atom stereocenters. The van der Waals surface area contributed by atoms with Gasteiger partial charge in [-0.05, 0) is 18.6 Å². The number of fused-ring (bicyclic) bond motifs is 1. The van der Waals surface area contributed by atoms with Gasteiger partial charge >= 0.3 is 0 Å². The number of hydrogen-bond donors (Lipinski definition) is 0. The molecule has 6 nitrogen and oxygen atoms in total. The van der Waals surface area contributed by atoms with Gasteiger partial charge in [-0.2, -0.15) is 4.39 Å². The van der Waals surface area contributed by atoms with Gasteiger partial charge in [0.1, 0.15) is 5.82 Å². The van der Waals surface area contributed by atoms with Crippen molar-refractivity contribution in [3.05, 3.63) is 66.5 Å². The third-order valence-electron chi connectivity index (χ3n) is 3.94. The maximum Gasteiger partial charge on any atom is 0.234 e. The van der Waals surface area contributed by atoms with Gasteiger partial charge in [-0.15, -0.1) is 0 Å². The second-order valence-electron chi connectivity index (χ2n) is 5.39. The largest absolute Gasteiger partial charge is 0.325 e. The van der Waals surface area contributed by atoms with E-state index in [-0.39, 0.29) is 0 Å². The fraction of sp³-hybridized carbons (Fsp3) is 0.176. The van der Waals surface area contributed by atoms with E-state index in [0.29, 0.717) is 23.7 Å². The van der Waals surface area contributed by atoms with Crippen molar-refractivity contribution in [1.29, 1.82) is 0 Å². The standard InChI is InChI=1S/C17H15FN6/c1-2-14-13(22-17-21-5-3-8-24(14)17)11-23-9-7-20-16(23)12-4-6-19-15(18)10-12/h3-10H,2,11H2,1H3. The predicted molar refractivity (Wildman–Crippen MR) is 86.9 cm³/mol. The van der Waals surface area contributed by atoms with Gasteiger partial charge < -0.3 is 4.57 Å². The third-order valence-corrected chi connectivity index (χ3v) is 3.94. The number of rotatable bonds is 4. The fourth-order valence-corrected chi connectivity index (χ4v) is 2.88. The summed E-state index contributed by atoms with van der Waals surface area (Å²) in [6.07, 6.45) is 9.54. The topological polar surface area (TPSA) is 60.9 Å². The minimum Gasteiger partial charge on any atom is -0.325 e. The molecule has 0 bridgehead atoms. The Morgan fingerprint density at radius 1 is 1.08 bits per heavy atom. The molecule has 120 valence electrons. The van der Waals surface area contributed by atoms with E-state index in [1.807, 2.05) is 27.4 Å². The van der Waals surface area contributed by atoms with E-state index in [9.17, 15) is 4.39 Å². The lowest BCUT2D eigenvalue weighted by molar-refractivity contribution is 0.584. The van der Waals surface area contributed by atoms with Crippen molar-refractivity contribution >= 4 is 5.78 Å². The van der Waals surface area contributed by atoms with E-state index in [4.69, 9.17) is 0 Å². The van der Waals surface area contributed by atoms with Gasteiger partial charge in [0.25, 0.3) is 0 Å². The number of nitrogens with zero attached hydrogens (tertiary/aromatic N) is 6. The van der Waals surface area contributed by atoms with E-state index in [1.165, 1.54) is 12.3 Å². The number of aromatic nitrogens is 6. The second kappa shape index (κ2) is 5.84. The van der Waals surface area contributed by atoms with E-state index in [1.54, 1.807) is 18.5 Å². The molecule has 0 aliphatic rings. The number of halogens is 1. The Hall–Kier alpha value is -3.09. The molecule has 0 aliphatic carbocycles. The highest BCUT2D eigenvalue weighted by molar-refractivity contribution is 5.54. The molecule has 0 N–H and O–H groups in total. The first kappa shape index (κ1) is 14.5. The van der Waals surface area contributed by atoms with E-state index < -0.39 is 5.95 Å². The first-order valence-corrected chi connectivity index (χ1v) is 7.70. The van der Waals surface area contributed by atoms with Crippen molar-refractivity contribution < 1.29 is 4.39 Å². The Balaban J connectivity index is 1.76. The monoisotopic (exact) mass is 322 g/mol. The lowest BCUT2D eigenvalue weighted by atomic mass is 10.2. The zero-order valence-electron chi connectivity index (χ0n) is 13.1. The molecule has 4 rings (SSSR count). The fourth-order valence-electron chi connectivity index (χ4n) is 2.88. The van der Waals surface area contributed by atoms with Crippen LogP contribution in [0.5, 0.6) is 0 Å². The summed E-state index contributed by atoms with van der Waals surface area (Å²) in [4.78, 5) is 16.9. The predicted octanol–water partition coefficient (Wildman–Crippen LogP) is 2.74. The van der Waals surface area contributed by atoms with Crippen molar-refractivity contribution in [3.8, 4) is 11.4 Å². The molecular formula is C17H15FN6. The highest BCUT2D eigenvalue weighted by Crippen LogP contribution is 2.20. The molecular weight excluding hydrogens is 307 g/mol. The Morgan fingerprint density at radius 3 is 2.83 bits per heavy atom. The Morgan fingerprint density at radius 2 is 2.00 bits per heavy atom. The van der Waals surface area contributed by atoms with Crippen molar-refractivity contribution in [2.45, 2.75) is 19.9 Å². The Bertz CT molecular complexity index is 1000. The summed E-state index contributed by atoms with van der Waals surface area (Å²) in [6.45, 7) is 2.64. The van der Waals surface area contributed by atoms with Crippen molar-refractivity contribution in [2.75, 3.05) is 0 Å². The van der Waals surface area contributed by atoms with E-state index >= 15 is 0 Å². The van der Waals surface area contributed by atoms with Crippen LogP contribution in [0.1, 0.15) is 18.3 Å². The minimum absolute atomic E-state index is 0.520. The molecule has 24 heavy (non-hydrogen) atoms. The maximum atomic E-state index is 13.4. The van der Waals surface area contributed by atoms with Crippen LogP contribution in [0.15, 0.2) is 49.2 Å². The SMILES string of the molecule is CCc1c(Cn2ccnc2-c2ccnc(F)c2)nc2ncccn12. The lowest BCUT2D eigenvalue weighted by Gasteiger charge is -2.08. The molecule has 0 aromatic carbocycles. The third kappa shape index (κ3) is 2.44. The van der Waals surface area contributed by atoms with Crippen LogP contribution in [0.25, 0.3) is 17.2 Å². The highest BCUT2D eigenvalue weighted by atomic mass is 19.1. The number of hydrogen-bond acceptors (Lipinski definition) is 4. The van der Waals surface area contributed by atoms with Gasteiger partial charge in [0, 0.05) is 48.3 Å². The zero-order valence-corrected chi connectivity index (χ0v) is 13.1. The molecule has 4 aromatic rings. The van der Waals surface area contributed by atoms with E-state index in [2.05, 4.69) is 26.9 Å². The van der Waals surface area contributed by atoms with Gasteiger partial charge in [0.05, 0.1) is 12.2 Å².